The highest BCUT2D eigenvalue weighted by molar-refractivity contribution is 5.67. The summed E-state index contributed by atoms with van der Waals surface area (Å²) in [5, 5.41) is 10.6. The number of hydrogen-bond donors (Lipinski definition) is 3. The number of nitrogens with zero attached hydrogens (tertiary/aromatic N) is 2. The Hall–Kier alpha value is -2.25. The largest absolute Gasteiger partial charge is 0.384 e. The number of rotatable bonds is 10. The number of anilines is 2. The van der Waals surface area contributed by atoms with Crippen molar-refractivity contribution in [1.29, 1.82) is 0 Å². The first-order valence-corrected chi connectivity index (χ1v) is 11.8. The number of hydrogen-bond acceptors (Lipinski definition) is 6. The van der Waals surface area contributed by atoms with Gasteiger partial charge < -0.3 is 20.7 Å². The fourth-order valence-corrected chi connectivity index (χ4v) is 4.42. The summed E-state index contributed by atoms with van der Waals surface area (Å²) in [6.07, 6.45) is 9.88. The lowest BCUT2D eigenvalue weighted by Gasteiger charge is -2.31. The van der Waals surface area contributed by atoms with Gasteiger partial charge in [-0.25, -0.2) is 9.37 Å². The summed E-state index contributed by atoms with van der Waals surface area (Å²) in [6, 6.07) is 6.87. The molecule has 0 radical (unpaired) electrons. The lowest BCUT2D eigenvalue weighted by molar-refractivity contribution is 0.161. The van der Waals surface area contributed by atoms with Crippen molar-refractivity contribution in [2.75, 3.05) is 30.9 Å². The van der Waals surface area contributed by atoms with E-state index in [4.69, 9.17) is 4.74 Å². The molecular formula is C25H36FN5O. The lowest BCUT2D eigenvalue weighted by atomic mass is 9.90. The van der Waals surface area contributed by atoms with Crippen molar-refractivity contribution >= 4 is 11.5 Å². The van der Waals surface area contributed by atoms with Gasteiger partial charge >= 0.3 is 0 Å². The van der Waals surface area contributed by atoms with E-state index >= 15 is 0 Å². The van der Waals surface area contributed by atoms with Crippen molar-refractivity contribution in [2.45, 2.75) is 70.5 Å². The smallest absolute Gasteiger partial charge is 0.151 e. The summed E-state index contributed by atoms with van der Waals surface area (Å²) >= 11 is 0. The first kappa shape index (κ1) is 22.9. The summed E-state index contributed by atoms with van der Waals surface area (Å²) in [5.74, 6) is 0.352. The Bertz CT molecular complexity index is 896. The maximum absolute atomic E-state index is 14.6. The predicted octanol–water partition coefficient (Wildman–Crippen LogP) is 4.84. The zero-order valence-electron chi connectivity index (χ0n) is 19.5. The Labute approximate surface area is 190 Å². The van der Waals surface area contributed by atoms with Gasteiger partial charge in [-0.05, 0) is 69.1 Å². The fourth-order valence-electron chi connectivity index (χ4n) is 4.42. The summed E-state index contributed by atoms with van der Waals surface area (Å²) in [6.45, 7) is 6.10. The molecule has 0 bridgehead atoms. The molecule has 2 aromatic rings. The van der Waals surface area contributed by atoms with Crippen LogP contribution >= 0.6 is 0 Å². The number of nitrogens with one attached hydrogen (secondary N) is 3. The van der Waals surface area contributed by atoms with Crippen LogP contribution in [0.1, 0.15) is 52.4 Å². The van der Waals surface area contributed by atoms with E-state index in [9.17, 15) is 4.39 Å². The molecule has 0 spiro atoms. The maximum atomic E-state index is 14.6. The van der Waals surface area contributed by atoms with Gasteiger partial charge in [-0.1, -0.05) is 6.92 Å². The van der Waals surface area contributed by atoms with Crippen LogP contribution in [0.25, 0.3) is 11.3 Å². The second-order valence-electron chi connectivity index (χ2n) is 9.86. The summed E-state index contributed by atoms with van der Waals surface area (Å²) in [7, 11) is 1.74. The van der Waals surface area contributed by atoms with E-state index in [2.05, 4.69) is 39.8 Å². The molecule has 2 fully saturated rings. The van der Waals surface area contributed by atoms with Crippen LogP contribution in [0, 0.1) is 11.2 Å². The highest BCUT2D eigenvalue weighted by Crippen LogP contribution is 2.44. The third-order valence-electron chi connectivity index (χ3n) is 6.73. The Morgan fingerprint density at radius 1 is 1.16 bits per heavy atom. The quantitative estimate of drug-likeness (QED) is 0.490. The van der Waals surface area contributed by atoms with E-state index in [0.29, 0.717) is 40.6 Å². The third kappa shape index (κ3) is 6.17. The molecule has 0 saturated heterocycles. The SMILES string of the molecule is COC[C@@H](C)NC1CCC(Nc2cc(-c3cc(NCC4(C)CC4)ccn3)c(F)cn2)CC1. The van der Waals surface area contributed by atoms with Crippen molar-refractivity contribution in [1.82, 2.24) is 15.3 Å². The first-order chi connectivity index (χ1) is 15.4. The van der Waals surface area contributed by atoms with Crippen LogP contribution in [0.5, 0.6) is 0 Å². The number of halogens is 1. The van der Waals surface area contributed by atoms with Crippen molar-refractivity contribution < 1.29 is 9.13 Å². The molecule has 6 nitrogen and oxygen atoms in total. The molecule has 2 heterocycles. The predicted molar refractivity (Wildman–Crippen MR) is 127 cm³/mol. The molecule has 2 saturated carbocycles. The third-order valence-corrected chi connectivity index (χ3v) is 6.73. The van der Waals surface area contributed by atoms with Gasteiger partial charge in [-0.15, -0.1) is 0 Å². The molecule has 0 aliphatic heterocycles. The number of ether oxygens (including phenoxy) is 1. The molecule has 3 N–H and O–H groups in total. The Morgan fingerprint density at radius 2 is 1.91 bits per heavy atom. The summed E-state index contributed by atoms with van der Waals surface area (Å²) in [4.78, 5) is 8.70. The Kier molecular flexibility index (Phi) is 7.26. The molecule has 0 amide bonds. The summed E-state index contributed by atoms with van der Waals surface area (Å²) < 4.78 is 19.8. The van der Waals surface area contributed by atoms with Crippen LogP contribution in [-0.4, -0.2) is 48.4 Å². The average molecular weight is 442 g/mol. The highest BCUT2D eigenvalue weighted by Gasteiger charge is 2.36. The average Bonchev–Trinajstić information content (AvgIpc) is 3.53. The van der Waals surface area contributed by atoms with Crippen LogP contribution in [0.2, 0.25) is 0 Å². The molecule has 4 rings (SSSR count). The van der Waals surface area contributed by atoms with Gasteiger partial charge in [-0.2, -0.15) is 0 Å². The van der Waals surface area contributed by atoms with E-state index in [1.54, 1.807) is 19.4 Å². The van der Waals surface area contributed by atoms with E-state index in [-0.39, 0.29) is 5.82 Å². The molecule has 32 heavy (non-hydrogen) atoms. The molecule has 0 unspecified atom stereocenters. The second-order valence-corrected chi connectivity index (χ2v) is 9.86. The van der Waals surface area contributed by atoms with E-state index in [1.807, 2.05) is 12.1 Å². The second kappa shape index (κ2) is 10.1. The van der Waals surface area contributed by atoms with Crippen molar-refractivity contribution in [2.24, 2.45) is 5.41 Å². The van der Waals surface area contributed by atoms with Crippen LogP contribution in [0.4, 0.5) is 15.9 Å². The monoisotopic (exact) mass is 441 g/mol. The molecule has 174 valence electrons. The van der Waals surface area contributed by atoms with Gasteiger partial charge in [0.25, 0.3) is 0 Å². The molecular weight excluding hydrogens is 405 g/mol. The van der Waals surface area contributed by atoms with Gasteiger partial charge in [0.15, 0.2) is 5.82 Å². The molecule has 2 aliphatic rings. The van der Waals surface area contributed by atoms with E-state index < -0.39 is 0 Å². The van der Waals surface area contributed by atoms with Crippen LogP contribution < -0.4 is 16.0 Å². The molecule has 2 aliphatic carbocycles. The minimum Gasteiger partial charge on any atom is -0.384 e. The number of methoxy groups -OCH3 is 1. The molecule has 0 aromatic carbocycles. The first-order valence-electron chi connectivity index (χ1n) is 11.8. The van der Waals surface area contributed by atoms with Gasteiger partial charge in [-0.3, -0.25) is 4.98 Å². The van der Waals surface area contributed by atoms with Crippen LogP contribution in [0.15, 0.2) is 30.6 Å². The van der Waals surface area contributed by atoms with Crippen molar-refractivity contribution in [3.63, 3.8) is 0 Å². The standard InChI is InChI=1S/C25H36FN5O/c1-17(15-32-3)30-18-4-6-19(7-5-18)31-24-13-21(22(26)14-28-24)23-12-20(8-11-27-23)29-16-25(2)9-10-25/h8,11-14,17-19,30H,4-7,9-10,15-16H2,1-3H3,(H,27,29)(H,28,31)/t17-,18?,19?/m1/s1. The normalized spacial score (nSPS) is 22.9. The lowest BCUT2D eigenvalue weighted by Crippen LogP contribution is -2.42. The number of pyridine rings is 2. The van der Waals surface area contributed by atoms with Crippen LogP contribution in [-0.2, 0) is 4.74 Å². The minimum atomic E-state index is -0.352. The van der Waals surface area contributed by atoms with E-state index in [0.717, 1.165) is 44.5 Å². The van der Waals surface area contributed by atoms with E-state index in [1.165, 1.54) is 19.0 Å². The Balaban J connectivity index is 1.36. The number of aromatic nitrogens is 2. The summed E-state index contributed by atoms with van der Waals surface area (Å²) in [5.41, 5.74) is 2.48. The topological polar surface area (TPSA) is 71.1 Å². The van der Waals surface area contributed by atoms with Gasteiger partial charge in [0, 0.05) is 49.2 Å². The maximum Gasteiger partial charge on any atom is 0.151 e. The minimum absolute atomic E-state index is 0.344. The van der Waals surface area contributed by atoms with Gasteiger partial charge in [0.2, 0.25) is 0 Å². The molecule has 7 heteroatoms. The molecule has 1 atom stereocenters. The zero-order valence-corrected chi connectivity index (χ0v) is 19.5. The van der Waals surface area contributed by atoms with Crippen molar-refractivity contribution in [3.8, 4) is 11.3 Å². The Morgan fingerprint density at radius 3 is 2.62 bits per heavy atom. The highest BCUT2D eigenvalue weighted by atomic mass is 19.1. The zero-order chi connectivity index (χ0) is 22.6. The van der Waals surface area contributed by atoms with Gasteiger partial charge in [0.1, 0.15) is 5.82 Å². The van der Waals surface area contributed by atoms with Crippen molar-refractivity contribution in [3.05, 3.63) is 36.4 Å². The van der Waals surface area contributed by atoms with Gasteiger partial charge in [0.05, 0.1) is 18.5 Å². The fraction of sp³-hybridized carbons (Fsp3) is 0.600. The van der Waals surface area contributed by atoms with Crippen LogP contribution in [0.3, 0.4) is 0 Å². The molecule has 2 aromatic heterocycles.